The summed E-state index contributed by atoms with van der Waals surface area (Å²) in [5.74, 6) is 1.77. The molecule has 0 radical (unpaired) electrons. The van der Waals surface area contributed by atoms with Gasteiger partial charge in [0.15, 0.2) is 17.5 Å². The van der Waals surface area contributed by atoms with Gasteiger partial charge >= 0.3 is 0 Å². The number of rotatable bonds is 5. The Morgan fingerprint density at radius 3 is 1.84 bits per heavy atom. The molecule has 0 aliphatic rings. The first-order valence-electron chi connectivity index (χ1n) is 19.5. The molecule has 270 valence electrons. The minimum Gasteiger partial charge on any atom is -0.455 e. The third-order valence-corrected chi connectivity index (χ3v) is 11.5. The summed E-state index contributed by atoms with van der Waals surface area (Å²) in [6.07, 6.45) is 0. The first-order chi connectivity index (χ1) is 28.7. The van der Waals surface area contributed by atoms with Crippen molar-refractivity contribution >= 4 is 65.3 Å². The van der Waals surface area contributed by atoms with E-state index in [1.807, 2.05) is 24.3 Å². The molecule has 12 aromatic rings. The second kappa shape index (κ2) is 12.8. The van der Waals surface area contributed by atoms with Gasteiger partial charge in [-0.3, -0.25) is 0 Å². The Morgan fingerprint density at radius 1 is 0.362 bits per heavy atom. The van der Waals surface area contributed by atoms with Gasteiger partial charge in [-0.05, 0) is 69.8 Å². The Morgan fingerprint density at radius 2 is 0.966 bits per heavy atom. The fourth-order valence-corrected chi connectivity index (χ4v) is 8.73. The normalized spacial score (nSPS) is 11.8. The van der Waals surface area contributed by atoms with Crippen molar-refractivity contribution < 1.29 is 4.42 Å². The molecule has 0 N–H and O–H groups in total. The number of nitrogens with zero attached hydrogens (tertiary/aromatic N) is 4. The first-order valence-corrected chi connectivity index (χ1v) is 19.5. The van der Waals surface area contributed by atoms with E-state index in [-0.39, 0.29) is 0 Å². The van der Waals surface area contributed by atoms with Gasteiger partial charge < -0.3 is 8.98 Å². The first kappa shape index (κ1) is 32.4. The Hall–Kier alpha value is -7.89. The summed E-state index contributed by atoms with van der Waals surface area (Å²) in [5, 5.41) is 9.11. The van der Waals surface area contributed by atoms with Crippen molar-refractivity contribution in [2.24, 2.45) is 0 Å². The fourth-order valence-electron chi connectivity index (χ4n) is 8.73. The molecular weight excluding hydrogens is 709 g/mol. The van der Waals surface area contributed by atoms with E-state index in [1.54, 1.807) is 0 Å². The van der Waals surface area contributed by atoms with Gasteiger partial charge in [0.05, 0.1) is 16.6 Å². The van der Waals surface area contributed by atoms with Crippen LogP contribution in [0, 0.1) is 0 Å². The van der Waals surface area contributed by atoms with Gasteiger partial charge in [-0.15, -0.1) is 0 Å². The molecule has 0 fully saturated rings. The number of benzene rings is 9. The maximum Gasteiger partial charge on any atom is 0.167 e. The molecule has 0 atom stereocenters. The molecule has 0 bridgehead atoms. The summed E-state index contributed by atoms with van der Waals surface area (Å²) >= 11 is 0. The zero-order valence-electron chi connectivity index (χ0n) is 31.2. The summed E-state index contributed by atoms with van der Waals surface area (Å²) in [5.41, 5.74) is 10.0. The van der Waals surface area contributed by atoms with E-state index in [1.165, 1.54) is 27.2 Å². The van der Waals surface area contributed by atoms with E-state index in [0.29, 0.717) is 17.5 Å². The highest BCUT2D eigenvalue weighted by Gasteiger charge is 2.20. The lowest BCUT2D eigenvalue weighted by atomic mass is 9.97. The van der Waals surface area contributed by atoms with E-state index in [9.17, 15) is 0 Å². The van der Waals surface area contributed by atoms with Crippen LogP contribution >= 0.6 is 0 Å². The van der Waals surface area contributed by atoms with Crippen LogP contribution in [0.1, 0.15) is 0 Å². The lowest BCUT2D eigenvalue weighted by Crippen LogP contribution is -2.01. The molecule has 0 unspecified atom stereocenters. The molecule has 0 spiro atoms. The minimum atomic E-state index is 0.561. The van der Waals surface area contributed by atoms with E-state index in [2.05, 4.69) is 174 Å². The number of aromatic nitrogens is 4. The lowest BCUT2D eigenvalue weighted by Gasteiger charge is -2.12. The predicted octanol–water partition coefficient (Wildman–Crippen LogP) is 13.8. The molecule has 0 amide bonds. The second-order valence-electron chi connectivity index (χ2n) is 14.8. The van der Waals surface area contributed by atoms with Crippen LogP contribution in [0.4, 0.5) is 0 Å². The van der Waals surface area contributed by atoms with Gasteiger partial charge in [0.2, 0.25) is 0 Å². The van der Waals surface area contributed by atoms with E-state index in [4.69, 9.17) is 19.4 Å². The maximum absolute atomic E-state index is 6.50. The Balaban J connectivity index is 1.03. The van der Waals surface area contributed by atoms with Crippen LogP contribution in [0.15, 0.2) is 199 Å². The molecule has 0 aliphatic heterocycles. The molecule has 12 rings (SSSR count). The molecule has 0 aliphatic carbocycles. The average molecular weight is 741 g/mol. The van der Waals surface area contributed by atoms with Crippen LogP contribution < -0.4 is 0 Å². The SMILES string of the molecule is c1ccc(-n2c3ccccc3c3cc(-c4ccc(-c5nc(-c6cccc7c6oc6ccccc67)nc(-c6cccc7ccc8ccccc8c67)n5)cc4)ccc32)cc1. The highest BCUT2D eigenvalue weighted by molar-refractivity contribution is 6.14. The number of fused-ring (bicyclic) bond motifs is 9. The summed E-state index contributed by atoms with van der Waals surface area (Å²) < 4.78 is 8.85. The quantitative estimate of drug-likeness (QED) is 0.165. The number of furan rings is 1. The van der Waals surface area contributed by atoms with Gasteiger partial charge in [-0.2, -0.15) is 0 Å². The van der Waals surface area contributed by atoms with Crippen LogP contribution in [0.25, 0.3) is 116 Å². The van der Waals surface area contributed by atoms with E-state index in [0.717, 1.165) is 71.6 Å². The number of para-hydroxylation sites is 4. The largest absolute Gasteiger partial charge is 0.455 e. The fraction of sp³-hybridized carbons (Fsp3) is 0. The molecule has 9 aromatic carbocycles. The summed E-state index contributed by atoms with van der Waals surface area (Å²) in [6, 6.07) is 68.1. The van der Waals surface area contributed by atoms with Gasteiger partial charge in [0.25, 0.3) is 0 Å². The van der Waals surface area contributed by atoms with Crippen LogP contribution in [0.2, 0.25) is 0 Å². The monoisotopic (exact) mass is 740 g/mol. The summed E-state index contributed by atoms with van der Waals surface area (Å²) in [6.45, 7) is 0. The van der Waals surface area contributed by atoms with Crippen LogP contribution in [0.5, 0.6) is 0 Å². The Bertz CT molecular complexity index is 3560. The number of hydrogen-bond acceptors (Lipinski definition) is 4. The minimum absolute atomic E-state index is 0.561. The molecule has 5 heteroatoms. The number of hydrogen-bond donors (Lipinski definition) is 0. The molecule has 3 aromatic heterocycles. The van der Waals surface area contributed by atoms with Crippen molar-refractivity contribution in [3.05, 3.63) is 194 Å². The zero-order chi connectivity index (χ0) is 38.2. The third-order valence-electron chi connectivity index (χ3n) is 11.5. The van der Waals surface area contributed by atoms with Crippen LogP contribution in [-0.4, -0.2) is 19.5 Å². The van der Waals surface area contributed by atoms with Crippen LogP contribution in [-0.2, 0) is 0 Å². The van der Waals surface area contributed by atoms with Crippen molar-refractivity contribution in [3.63, 3.8) is 0 Å². The third kappa shape index (κ3) is 5.07. The highest BCUT2D eigenvalue weighted by atomic mass is 16.3. The predicted molar refractivity (Wildman–Crippen MR) is 238 cm³/mol. The molecule has 0 saturated carbocycles. The average Bonchev–Trinajstić information content (AvgIpc) is 3.85. The second-order valence-corrected chi connectivity index (χ2v) is 14.8. The molecule has 5 nitrogen and oxygen atoms in total. The summed E-state index contributed by atoms with van der Waals surface area (Å²) in [7, 11) is 0. The van der Waals surface area contributed by atoms with Crippen molar-refractivity contribution in [3.8, 4) is 51.0 Å². The van der Waals surface area contributed by atoms with Crippen molar-refractivity contribution in [2.75, 3.05) is 0 Å². The molecule has 58 heavy (non-hydrogen) atoms. The molecular formula is C53H32N4O. The summed E-state index contributed by atoms with van der Waals surface area (Å²) in [4.78, 5) is 15.7. The van der Waals surface area contributed by atoms with Crippen molar-refractivity contribution in [1.29, 1.82) is 0 Å². The van der Waals surface area contributed by atoms with Crippen LogP contribution in [0.3, 0.4) is 0 Å². The van der Waals surface area contributed by atoms with E-state index < -0.39 is 0 Å². The van der Waals surface area contributed by atoms with Crippen molar-refractivity contribution in [1.82, 2.24) is 19.5 Å². The molecule has 0 saturated heterocycles. The lowest BCUT2D eigenvalue weighted by molar-refractivity contribution is 0.669. The zero-order valence-corrected chi connectivity index (χ0v) is 31.2. The van der Waals surface area contributed by atoms with Gasteiger partial charge in [-0.25, -0.2) is 15.0 Å². The maximum atomic E-state index is 6.50. The topological polar surface area (TPSA) is 56.7 Å². The standard InChI is InChI=1S/C53H32N4O/c1-2-14-38(15-3-1)57-46-22-8-6-17-40(46)45-32-37(30-31-47(45)57)33-24-28-36(29-25-33)51-54-52(43-20-10-13-35-27-26-34-12-4-5-16-39(34)49(35)43)56-53(55-51)44-21-11-19-42-41-18-7-9-23-48(41)58-50(42)44/h1-32H. The smallest absolute Gasteiger partial charge is 0.167 e. The van der Waals surface area contributed by atoms with Gasteiger partial charge in [0.1, 0.15) is 11.2 Å². The Labute approximate surface area is 333 Å². The molecule has 3 heterocycles. The van der Waals surface area contributed by atoms with Gasteiger partial charge in [-0.1, -0.05) is 152 Å². The van der Waals surface area contributed by atoms with Gasteiger partial charge in [0, 0.05) is 43.7 Å². The Kier molecular flexibility index (Phi) is 7.16. The van der Waals surface area contributed by atoms with Crippen molar-refractivity contribution in [2.45, 2.75) is 0 Å². The highest BCUT2D eigenvalue weighted by Crippen LogP contribution is 2.39. The van der Waals surface area contributed by atoms with E-state index >= 15 is 0 Å².